The Morgan fingerprint density at radius 1 is 1.67 bits per heavy atom. The summed E-state index contributed by atoms with van der Waals surface area (Å²) in [5, 5.41) is 5.81. The van der Waals surface area contributed by atoms with Crippen LogP contribution in [0.15, 0.2) is 11.4 Å². The molecule has 1 aliphatic rings. The Morgan fingerprint density at radius 3 is 3.25 bits per heavy atom. The average Bonchev–Trinajstić information content (AvgIpc) is 2.54. The number of hydrogen-bond acceptors (Lipinski definition) is 2. The fourth-order valence-corrected chi connectivity index (χ4v) is 3.02. The van der Waals surface area contributed by atoms with Gasteiger partial charge >= 0.3 is 0 Å². The molecule has 1 aromatic rings. The first-order chi connectivity index (χ1) is 5.76. The molecule has 0 fully saturated rings. The summed E-state index contributed by atoms with van der Waals surface area (Å²) in [6.07, 6.45) is 2.38. The van der Waals surface area contributed by atoms with Gasteiger partial charge in [0.2, 0.25) is 0 Å². The molecule has 1 atom stereocenters. The van der Waals surface area contributed by atoms with Crippen LogP contribution in [0.2, 0.25) is 0 Å². The summed E-state index contributed by atoms with van der Waals surface area (Å²) in [5.74, 6) is 0. The van der Waals surface area contributed by atoms with Crippen molar-refractivity contribution in [2.75, 3.05) is 6.54 Å². The van der Waals surface area contributed by atoms with Gasteiger partial charge in [-0.25, -0.2) is 0 Å². The molecular weight excluding hydrogens is 166 g/mol. The number of fused-ring (bicyclic) bond motifs is 1. The lowest BCUT2D eigenvalue weighted by Crippen LogP contribution is -2.43. The summed E-state index contributed by atoms with van der Waals surface area (Å²) in [4.78, 5) is 1.55. The molecule has 66 valence electrons. The van der Waals surface area contributed by atoms with Crippen molar-refractivity contribution in [1.29, 1.82) is 0 Å². The molecule has 1 nitrogen and oxygen atoms in total. The van der Waals surface area contributed by atoms with E-state index in [0.717, 1.165) is 6.54 Å². The fraction of sp³-hybridized carbons (Fsp3) is 0.600. The highest BCUT2D eigenvalue weighted by Gasteiger charge is 2.30. The van der Waals surface area contributed by atoms with Crippen LogP contribution in [0.3, 0.4) is 0 Å². The monoisotopic (exact) mass is 181 g/mol. The van der Waals surface area contributed by atoms with E-state index in [4.69, 9.17) is 0 Å². The normalized spacial score (nSPS) is 28.5. The van der Waals surface area contributed by atoms with Gasteiger partial charge in [0, 0.05) is 17.0 Å². The maximum Gasteiger partial charge on any atom is 0.0500 e. The molecule has 0 bridgehead atoms. The van der Waals surface area contributed by atoms with Gasteiger partial charge < -0.3 is 5.32 Å². The molecule has 1 aliphatic heterocycles. The Labute approximate surface area is 77.8 Å². The van der Waals surface area contributed by atoms with Gasteiger partial charge in [-0.15, -0.1) is 11.3 Å². The van der Waals surface area contributed by atoms with Crippen LogP contribution in [0.25, 0.3) is 0 Å². The lowest BCUT2D eigenvalue weighted by molar-refractivity contribution is 0.344. The van der Waals surface area contributed by atoms with Crippen LogP contribution in [0, 0.1) is 0 Å². The van der Waals surface area contributed by atoms with E-state index >= 15 is 0 Å². The quantitative estimate of drug-likeness (QED) is 0.702. The molecule has 0 amide bonds. The van der Waals surface area contributed by atoms with Gasteiger partial charge in [0.05, 0.1) is 0 Å². The molecule has 1 unspecified atom stereocenters. The number of nitrogens with one attached hydrogen (secondary N) is 1. The highest BCUT2D eigenvalue weighted by atomic mass is 32.1. The van der Waals surface area contributed by atoms with Crippen LogP contribution in [0.5, 0.6) is 0 Å². The van der Waals surface area contributed by atoms with E-state index in [1.807, 2.05) is 11.3 Å². The Morgan fingerprint density at radius 2 is 2.50 bits per heavy atom. The highest BCUT2D eigenvalue weighted by Crippen LogP contribution is 2.34. The molecule has 2 heteroatoms. The number of rotatable bonds is 1. The van der Waals surface area contributed by atoms with Gasteiger partial charge in [-0.05, 0) is 36.8 Å². The van der Waals surface area contributed by atoms with E-state index in [0.29, 0.717) is 0 Å². The SMILES string of the molecule is CCC1(C)NCCc2ccsc21. The van der Waals surface area contributed by atoms with Gasteiger partial charge in [0.15, 0.2) is 0 Å². The zero-order valence-corrected chi connectivity index (χ0v) is 8.50. The van der Waals surface area contributed by atoms with E-state index in [2.05, 4.69) is 30.6 Å². The van der Waals surface area contributed by atoms with Crippen molar-refractivity contribution in [2.45, 2.75) is 32.2 Å². The Balaban J connectivity index is 2.44. The van der Waals surface area contributed by atoms with Gasteiger partial charge in [-0.3, -0.25) is 0 Å². The zero-order valence-electron chi connectivity index (χ0n) is 7.68. The van der Waals surface area contributed by atoms with E-state index in [1.165, 1.54) is 12.8 Å². The second-order valence-corrected chi connectivity index (χ2v) is 4.55. The maximum atomic E-state index is 3.60. The molecule has 0 aliphatic carbocycles. The second kappa shape index (κ2) is 2.86. The second-order valence-electron chi connectivity index (χ2n) is 3.64. The third kappa shape index (κ3) is 1.10. The van der Waals surface area contributed by atoms with Crippen molar-refractivity contribution >= 4 is 11.3 Å². The Kier molecular flexibility index (Phi) is 1.97. The smallest absolute Gasteiger partial charge is 0.0500 e. The molecule has 1 aromatic heterocycles. The van der Waals surface area contributed by atoms with Crippen LogP contribution in [-0.4, -0.2) is 6.54 Å². The van der Waals surface area contributed by atoms with Crippen molar-refractivity contribution in [2.24, 2.45) is 0 Å². The standard InChI is InChI=1S/C10H15NS/c1-3-10(2)9-8(4-6-11-10)5-7-12-9/h5,7,11H,3-4,6H2,1-2H3. The minimum absolute atomic E-state index is 0.252. The molecule has 0 spiro atoms. The zero-order chi connectivity index (χ0) is 8.60. The summed E-state index contributed by atoms with van der Waals surface area (Å²) in [6.45, 7) is 5.69. The van der Waals surface area contributed by atoms with Gasteiger partial charge in [0.25, 0.3) is 0 Å². The predicted molar refractivity (Wildman–Crippen MR) is 53.7 cm³/mol. The van der Waals surface area contributed by atoms with Gasteiger partial charge in [-0.1, -0.05) is 6.92 Å². The van der Waals surface area contributed by atoms with E-state index in [-0.39, 0.29) is 5.54 Å². The summed E-state index contributed by atoms with van der Waals surface area (Å²) in [5.41, 5.74) is 1.81. The van der Waals surface area contributed by atoms with Crippen LogP contribution >= 0.6 is 11.3 Å². The van der Waals surface area contributed by atoms with E-state index in [1.54, 1.807) is 10.4 Å². The van der Waals surface area contributed by atoms with Gasteiger partial charge in [-0.2, -0.15) is 0 Å². The van der Waals surface area contributed by atoms with Crippen LogP contribution in [0.4, 0.5) is 0 Å². The average molecular weight is 181 g/mol. The summed E-state index contributed by atoms with van der Waals surface area (Å²) in [7, 11) is 0. The summed E-state index contributed by atoms with van der Waals surface area (Å²) in [6, 6.07) is 2.27. The summed E-state index contributed by atoms with van der Waals surface area (Å²) < 4.78 is 0. The van der Waals surface area contributed by atoms with Crippen molar-refractivity contribution in [3.8, 4) is 0 Å². The maximum absolute atomic E-state index is 3.60. The van der Waals surface area contributed by atoms with Crippen molar-refractivity contribution in [3.05, 3.63) is 21.9 Å². The highest BCUT2D eigenvalue weighted by molar-refractivity contribution is 7.10. The first-order valence-corrected chi connectivity index (χ1v) is 5.46. The third-order valence-corrected chi connectivity index (χ3v) is 4.09. The largest absolute Gasteiger partial charge is 0.307 e. The number of thiophene rings is 1. The topological polar surface area (TPSA) is 12.0 Å². The minimum atomic E-state index is 0.252. The molecule has 0 radical (unpaired) electrons. The van der Waals surface area contributed by atoms with Crippen molar-refractivity contribution in [1.82, 2.24) is 5.32 Å². The fourth-order valence-electron chi connectivity index (χ4n) is 1.86. The predicted octanol–water partition coefficient (Wildman–Crippen LogP) is 2.52. The molecule has 12 heavy (non-hydrogen) atoms. The van der Waals surface area contributed by atoms with Crippen LogP contribution in [-0.2, 0) is 12.0 Å². The van der Waals surface area contributed by atoms with E-state index < -0.39 is 0 Å². The van der Waals surface area contributed by atoms with Gasteiger partial charge in [0.1, 0.15) is 0 Å². The summed E-state index contributed by atoms with van der Waals surface area (Å²) >= 11 is 1.89. The lowest BCUT2D eigenvalue weighted by Gasteiger charge is -2.34. The van der Waals surface area contributed by atoms with Crippen LogP contribution in [0.1, 0.15) is 30.7 Å². The first-order valence-electron chi connectivity index (χ1n) is 4.58. The molecule has 0 saturated heterocycles. The third-order valence-electron chi connectivity index (χ3n) is 2.86. The van der Waals surface area contributed by atoms with Crippen molar-refractivity contribution < 1.29 is 0 Å². The molecule has 1 N–H and O–H groups in total. The molecule has 0 saturated carbocycles. The lowest BCUT2D eigenvalue weighted by atomic mass is 9.89. The first kappa shape index (κ1) is 8.27. The Bertz CT molecular complexity index is 279. The van der Waals surface area contributed by atoms with Crippen molar-refractivity contribution in [3.63, 3.8) is 0 Å². The molecule has 0 aromatic carbocycles. The minimum Gasteiger partial charge on any atom is -0.307 e. The van der Waals surface area contributed by atoms with E-state index in [9.17, 15) is 0 Å². The Hall–Kier alpha value is -0.340. The molecule has 2 heterocycles. The number of hydrogen-bond donors (Lipinski definition) is 1. The molecular formula is C10H15NS. The van der Waals surface area contributed by atoms with Crippen LogP contribution < -0.4 is 5.32 Å². The molecule has 2 rings (SSSR count).